The van der Waals surface area contributed by atoms with Crippen LogP contribution in [0.2, 0.25) is 0 Å². The molecule has 1 aliphatic heterocycles. The van der Waals surface area contributed by atoms with E-state index in [1.165, 1.54) is 33.3 Å². The van der Waals surface area contributed by atoms with Crippen molar-refractivity contribution in [2.75, 3.05) is 45.7 Å². The van der Waals surface area contributed by atoms with Crippen LogP contribution in [0.1, 0.15) is 44.7 Å². The monoisotopic (exact) mass is 557 g/mol. The molecule has 1 aromatic heterocycles. The van der Waals surface area contributed by atoms with Crippen molar-refractivity contribution in [3.8, 4) is 5.75 Å². The van der Waals surface area contributed by atoms with Gasteiger partial charge in [-0.3, -0.25) is 9.69 Å². The Balaban J connectivity index is 1.19. The van der Waals surface area contributed by atoms with Crippen molar-refractivity contribution in [3.05, 3.63) is 100 Å². The van der Waals surface area contributed by atoms with E-state index in [-0.39, 0.29) is 5.91 Å². The number of aromatic nitrogens is 1. The fraction of sp³-hybridized carbons (Fsp3) is 0.382. The van der Waals surface area contributed by atoms with Gasteiger partial charge in [-0.15, -0.1) is 11.6 Å². The molecule has 4 aromatic rings. The summed E-state index contributed by atoms with van der Waals surface area (Å²) in [5, 5.41) is 1.31. The van der Waals surface area contributed by atoms with Gasteiger partial charge in [-0.2, -0.15) is 0 Å². The lowest BCUT2D eigenvalue weighted by Crippen LogP contribution is -2.49. The smallest absolute Gasteiger partial charge is 0.253 e. The number of piperazine rings is 1. The second-order valence-corrected chi connectivity index (χ2v) is 11.2. The van der Waals surface area contributed by atoms with Crippen molar-refractivity contribution in [1.29, 1.82) is 0 Å². The molecule has 0 saturated carbocycles. The van der Waals surface area contributed by atoms with Crippen molar-refractivity contribution in [3.63, 3.8) is 0 Å². The molecule has 2 heterocycles. The van der Waals surface area contributed by atoms with Gasteiger partial charge in [-0.05, 0) is 91.8 Å². The van der Waals surface area contributed by atoms with Gasteiger partial charge in [-0.25, -0.2) is 0 Å². The Morgan fingerprint density at radius 2 is 1.62 bits per heavy atom. The van der Waals surface area contributed by atoms with Gasteiger partial charge in [0.15, 0.2) is 0 Å². The van der Waals surface area contributed by atoms with Crippen molar-refractivity contribution in [2.24, 2.45) is 0 Å². The van der Waals surface area contributed by atoms with Crippen LogP contribution in [0.5, 0.6) is 5.75 Å². The first-order valence-corrected chi connectivity index (χ1v) is 14.9. The number of nitrogens with zero attached hydrogens (tertiary/aromatic N) is 3. The van der Waals surface area contributed by atoms with Gasteiger partial charge in [0.2, 0.25) is 0 Å². The molecule has 0 radical (unpaired) electrons. The second kappa shape index (κ2) is 12.9. The molecule has 40 heavy (non-hydrogen) atoms. The number of alkyl halides is 1. The lowest BCUT2D eigenvalue weighted by Gasteiger charge is -2.34. The number of ether oxygens (including phenoxy) is 1. The molecule has 210 valence electrons. The van der Waals surface area contributed by atoms with Gasteiger partial charge in [0.25, 0.3) is 5.91 Å². The Labute approximate surface area is 243 Å². The molecule has 3 aromatic carbocycles. The van der Waals surface area contributed by atoms with Crippen LogP contribution in [0.25, 0.3) is 10.9 Å². The molecule has 0 N–H and O–H groups in total. The lowest BCUT2D eigenvalue weighted by molar-refractivity contribution is 0.0638. The van der Waals surface area contributed by atoms with Crippen LogP contribution in [-0.2, 0) is 19.4 Å². The molecule has 0 bridgehead atoms. The summed E-state index contributed by atoms with van der Waals surface area (Å²) < 4.78 is 7.73. The summed E-state index contributed by atoms with van der Waals surface area (Å²) in [6.45, 7) is 9.66. The summed E-state index contributed by atoms with van der Waals surface area (Å²) in [5.41, 5.74) is 8.40. The number of fused-ring (bicyclic) bond motifs is 1. The number of aryl methyl sites for hydroxylation is 2. The number of hydrogen-bond acceptors (Lipinski definition) is 3. The van der Waals surface area contributed by atoms with Crippen LogP contribution in [0.15, 0.2) is 66.7 Å². The maximum atomic E-state index is 13.4. The number of benzene rings is 3. The molecular weight excluding hydrogens is 518 g/mol. The third-order valence-corrected chi connectivity index (χ3v) is 8.58. The number of hydrogen-bond donors (Lipinski definition) is 0. The van der Waals surface area contributed by atoms with E-state index < -0.39 is 0 Å². The van der Waals surface area contributed by atoms with Gasteiger partial charge in [-0.1, -0.05) is 30.3 Å². The number of amides is 1. The minimum absolute atomic E-state index is 0.132. The highest BCUT2D eigenvalue weighted by molar-refractivity contribution is 6.17. The van der Waals surface area contributed by atoms with E-state index >= 15 is 0 Å². The molecule has 0 spiro atoms. The zero-order valence-electron chi connectivity index (χ0n) is 24.0. The third-order valence-electron chi connectivity index (χ3n) is 8.31. The van der Waals surface area contributed by atoms with Crippen LogP contribution >= 0.6 is 11.6 Å². The van der Waals surface area contributed by atoms with E-state index in [9.17, 15) is 4.79 Å². The zero-order chi connectivity index (χ0) is 28.1. The topological polar surface area (TPSA) is 37.7 Å². The summed E-state index contributed by atoms with van der Waals surface area (Å²) in [7, 11) is 1.70. The minimum Gasteiger partial charge on any atom is -0.497 e. The van der Waals surface area contributed by atoms with Gasteiger partial charge in [0.05, 0.1) is 7.11 Å². The van der Waals surface area contributed by atoms with Crippen molar-refractivity contribution < 1.29 is 9.53 Å². The average Bonchev–Trinajstić information content (AvgIpc) is 3.23. The standard InChI is InChI=1S/C34H40ClN3O2/c1-25-26(2)38(15-6-14-35)33-12-11-29(24-32(25)33)21-28-8-4-9-30(22-28)34(39)37-19-17-36(18-20-37)16-13-27-7-5-10-31(23-27)40-3/h4-5,7-12,22-24H,6,13-21H2,1-3H3. The molecule has 1 fully saturated rings. The van der Waals surface area contributed by atoms with Crippen LogP contribution < -0.4 is 4.74 Å². The predicted octanol–water partition coefficient (Wildman–Crippen LogP) is 6.49. The molecule has 5 nitrogen and oxygen atoms in total. The number of rotatable bonds is 10. The maximum absolute atomic E-state index is 13.4. The maximum Gasteiger partial charge on any atom is 0.253 e. The first-order valence-electron chi connectivity index (χ1n) is 14.3. The van der Waals surface area contributed by atoms with E-state index in [0.717, 1.165) is 75.4 Å². The average molecular weight is 558 g/mol. The van der Waals surface area contributed by atoms with E-state index in [1.807, 2.05) is 29.2 Å². The summed E-state index contributed by atoms with van der Waals surface area (Å²) in [4.78, 5) is 17.8. The fourth-order valence-electron chi connectivity index (χ4n) is 5.84. The van der Waals surface area contributed by atoms with Crippen LogP contribution in [0.3, 0.4) is 0 Å². The van der Waals surface area contributed by atoms with E-state index in [0.29, 0.717) is 5.88 Å². The van der Waals surface area contributed by atoms with Crippen molar-refractivity contribution in [2.45, 2.75) is 39.7 Å². The lowest BCUT2D eigenvalue weighted by atomic mass is 10.0. The molecule has 1 amide bonds. The van der Waals surface area contributed by atoms with Crippen LogP contribution in [0, 0.1) is 13.8 Å². The quantitative estimate of drug-likeness (QED) is 0.209. The Hall–Kier alpha value is -3.28. The molecule has 1 saturated heterocycles. The summed E-state index contributed by atoms with van der Waals surface area (Å²) >= 11 is 5.96. The SMILES string of the molecule is COc1cccc(CCN2CCN(C(=O)c3cccc(Cc4ccc5c(c4)c(C)c(C)n5CCCCl)c3)CC2)c1. The Morgan fingerprint density at radius 3 is 2.40 bits per heavy atom. The van der Waals surface area contributed by atoms with Gasteiger partial charge in [0, 0.05) is 67.3 Å². The highest BCUT2D eigenvalue weighted by atomic mass is 35.5. The fourth-order valence-corrected chi connectivity index (χ4v) is 5.95. The zero-order valence-corrected chi connectivity index (χ0v) is 24.7. The van der Waals surface area contributed by atoms with Crippen LogP contribution in [-0.4, -0.2) is 66.0 Å². The van der Waals surface area contributed by atoms with E-state index in [2.05, 4.69) is 65.8 Å². The van der Waals surface area contributed by atoms with Crippen LogP contribution in [0.4, 0.5) is 0 Å². The number of carbonyl (C=O) groups is 1. The van der Waals surface area contributed by atoms with Crippen molar-refractivity contribution in [1.82, 2.24) is 14.4 Å². The van der Waals surface area contributed by atoms with Gasteiger partial charge >= 0.3 is 0 Å². The Morgan fingerprint density at radius 1 is 0.875 bits per heavy atom. The summed E-state index contributed by atoms with van der Waals surface area (Å²) in [5.74, 6) is 1.70. The largest absolute Gasteiger partial charge is 0.497 e. The molecule has 1 aliphatic rings. The number of methoxy groups -OCH3 is 1. The first kappa shape index (κ1) is 28.3. The predicted molar refractivity (Wildman–Crippen MR) is 165 cm³/mol. The van der Waals surface area contributed by atoms with Gasteiger partial charge < -0.3 is 14.2 Å². The van der Waals surface area contributed by atoms with E-state index in [4.69, 9.17) is 16.3 Å². The van der Waals surface area contributed by atoms with Crippen molar-refractivity contribution >= 4 is 28.4 Å². The van der Waals surface area contributed by atoms with E-state index in [1.54, 1.807) is 7.11 Å². The highest BCUT2D eigenvalue weighted by Crippen LogP contribution is 2.28. The summed E-state index contributed by atoms with van der Waals surface area (Å²) in [6.07, 6.45) is 2.75. The Kier molecular flexibility index (Phi) is 9.13. The minimum atomic E-state index is 0.132. The highest BCUT2D eigenvalue weighted by Gasteiger charge is 2.22. The molecule has 0 aliphatic carbocycles. The molecule has 0 atom stereocenters. The molecule has 0 unspecified atom stereocenters. The number of carbonyl (C=O) groups excluding carboxylic acids is 1. The first-order chi connectivity index (χ1) is 19.5. The Bertz CT molecular complexity index is 1470. The molecular formula is C34H40ClN3O2. The normalized spacial score (nSPS) is 14.2. The third kappa shape index (κ3) is 6.37. The molecule has 6 heteroatoms. The molecule has 5 rings (SSSR count). The van der Waals surface area contributed by atoms with Gasteiger partial charge in [0.1, 0.15) is 5.75 Å². The summed E-state index contributed by atoms with van der Waals surface area (Å²) in [6, 6.07) is 23.2. The second-order valence-electron chi connectivity index (χ2n) is 10.9. The number of halogens is 1.